The van der Waals surface area contributed by atoms with Crippen LogP contribution < -0.4 is 15.4 Å². The predicted molar refractivity (Wildman–Crippen MR) is 153 cm³/mol. The molecule has 1 aliphatic rings. The third-order valence-corrected chi connectivity index (χ3v) is 6.68. The number of rotatable bonds is 10. The van der Waals surface area contributed by atoms with Crippen LogP contribution >= 0.6 is 23.2 Å². The molecule has 3 heterocycles. The quantitative estimate of drug-likeness (QED) is 0.353. The van der Waals surface area contributed by atoms with Crippen LogP contribution in [0.5, 0.6) is 5.88 Å². The van der Waals surface area contributed by atoms with Crippen LogP contribution in [0.4, 0.5) is 0 Å². The van der Waals surface area contributed by atoms with Crippen LogP contribution in [0, 0.1) is 0 Å². The van der Waals surface area contributed by atoms with Gasteiger partial charge in [0, 0.05) is 48.2 Å². The molecular formula is C29H29Cl2N5O4. The molecule has 3 aromatic rings. The zero-order chi connectivity index (χ0) is 28.3. The summed E-state index contributed by atoms with van der Waals surface area (Å²) in [6.45, 7) is 0.731. The Kier molecular flexibility index (Phi) is 10.5. The summed E-state index contributed by atoms with van der Waals surface area (Å²) in [6.07, 6.45) is 7.57. The second-order valence-corrected chi connectivity index (χ2v) is 10.1. The third kappa shape index (κ3) is 9.07. The zero-order valence-corrected chi connectivity index (χ0v) is 23.1. The van der Waals surface area contributed by atoms with Crippen LogP contribution in [-0.2, 0) is 20.8 Å². The number of hydrogen-bond donors (Lipinski definition) is 2. The number of piperidine rings is 1. The van der Waals surface area contributed by atoms with Crippen molar-refractivity contribution in [2.45, 2.75) is 31.4 Å². The van der Waals surface area contributed by atoms with Gasteiger partial charge in [-0.25, -0.2) is 4.98 Å². The van der Waals surface area contributed by atoms with Gasteiger partial charge in [0.25, 0.3) is 0 Å². The van der Waals surface area contributed by atoms with Gasteiger partial charge in [0.2, 0.25) is 23.6 Å². The van der Waals surface area contributed by atoms with Gasteiger partial charge in [0.05, 0.1) is 18.1 Å². The fourth-order valence-corrected chi connectivity index (χ4v) is 4.40. The van der Waals surface area contributed by atoms with Gasteiger partial charge in [0.15, 0.2) is 0 Å². The van der Waals surface area contributed by atoms with Crippen molar-refractivity contribution >= 4 is 47.0 Å². The SMILES string of the molecule is O=C(/C=C/c1ccc(Cl)cc1)N[C@@H](Cc1ccccn1)C(=O)NCC(=O)N1CCCC(Oc2ccc(Cl)cn2)C1. The molecule has 2 aromatic heterocycles. The second kappa shape index (κ2) is 14.4. The lowest BCUT2D eigenvalue weighted by Crippen LogP contribution is -2.52. The molecular weight excluding hydrogens is 553 g/mol. The summed E-state index contributed by atoms with van der Waals surface area (Å²) in [5, 5.41) is 6.51. The lowest BCUT2D eigenvalue weighted by Gasteiger charge is -2.32. The Morgan fingerprint density at radius 1 is 1.05 bits per heavy atom. The molecule has 40 heavy (non-hydrogen) atoms. The Morgan fingerprint density at radius 3 is 2.58 bits per heavy atom. The van der Waals surface area contributed by atoms with Gasteiger partial charge in [-0.15, -0.1) is 0 Å². The van der Waals surface area contributed by atoms with Gasteiger partial charge in [-0.1, -0.05) is 41.4 Å². The standard InChI is InChI=1S/C29H29Cl2N5O4/c30-21-9-6-20(7-10-21)8-12-26(37)35-25(16-23-4-1-2-14-32-23)29(39)34-18-28(38)36-15-3-5-24(19-36)40-27-13-11-22(31)17-33-27/h1-2,4,6-14,17,24-25H,3,5,15-16,18-19H2,(H,34,39)(H,35,37)/b12-8+/t24?,25-/m0/s1. The highest BCUT2D eigenvalue weighted by molar-refractivity contribution is 6.30. The third-order valence-electron chi connectivity index (χ3n) is 6.20. The number of pyridine rings is 2. The van der Waals surface area contributed by atoms with Crippen molar-refractivity contribution < 1.29 is 19.1 Å². The molecule has 11 heteroatoms. The predicted octanol–water partition coefficient (Wildman–Crippen LogP) is 3.71. The minimum Gasteiger partial charge on any atom is -0.472 e. The van der Waals surface area contributed by atoms with Crippen LogP contribution in [0.1, 0.15) is 24.1 Å². The number of carbonyl (C=O) groups is 3. The fraction of sp³-hybridized carbons (Fsp3) is 0.276. The van der Waals surface area contributed by atoms with Gasteiger partial charge in [0.1, 0.15) is 12.1 Å². The Balaban J connectivity index is 1.33. The second-order valence-electron chi connectivity index (χ2n) is 9.23. The van der Waals surface area contributed by atoms with Crippen molar-refractivity contribution in [1.29, 1.82) is 0 Å². The van der Waals surface area contributed by atoms with Crippen LogP contribution in [0.15, 0.2) is 73.1 Å². The number of likely N-dealkylation sites (tertiary alicyclic amines) is 1. The molecule has 0 aliphatic carbocycles. The molecule has 1 aromatic carbocycles. The first-order chi connectivity index (χ1) is 19.4. The maximum absolute atomic E-state index is 13.1. The summed E-state index contributed by atoms with van der Waals surface area (Å²) >= 11 is 11.8. The molecule has 1 unspecified atom stereocenters. The first-order valence-electron chi connectivity index (χ1n) is 12.8. The summed E-state index contributed by atoms with van der Waals surface area (Å²) in [7, 11) is 0. The van der Waals surface area contributed by atoms with E-state index < -0.39 is 17.9 Å². The van der Waals surface area contributed by atoms with E-state index in [1.54, 1.807) is 71.8 Å². The monoisotopic (exact) mass is 581 g/mol. The Hall–Kier alpha value is -3.95. The molecule has 0 saturated carbocycles. The molecule has 2 N–H and O–H groups in total. The Bertz CT molecular complexity index is 1320. The average molecular weight is 582 g/mol. The number of benzene rings is 1. The van der Waals surface area contributed by atoms with Crippen molar-refractivity contribution in [2.24, 2.45) is 0 Å². The minimum atomic E-state index is -0.932. The number of carbonyl (C=O) groups excluding carboxylic acids is 3. The number of amides is 3. The van der Waals surface area contributed by atoms with E-state index >= 15 is 0 Å². The maximum Gasteiger partial charge on any atom is 0.244 e. The molecule has 9 nitrogen and oxygen atoms in total. The zero-order valence-electron chi connectivity index (χ0n) is 21.6. The highest BCUT2D eigenvalue weighted by Gasteiger charge is 2.27. The summed E-state index contributed by atoms with van der Waals surface area (Å²) in [4.78, 5) is 48.8. The van der Waals surface area contributed by atoms with Crippen molar-refractivity contribution in [3.63, 3.8) is 0 Å². The normalized spacial score (nSPS) is 15.8. The van der Waals surface area contributed by atoms with Crippen molar-refractivity contribution in [2.75, 3.05) is 19.6 Å². The molecule has 208 valence electrons. The first-order valence-corrected chi connectivity index (χ1v) is 13.6. The van der Waals surface area contributed by atoms with E-state index in [4.69, 9.17) is 27.9 Å². The largest absolute Gasteiger partial charge is 0.472 e. The van der Waals surface area contributed by atoms with Gasteiger partial charge in [-0.2, -0.15) is 0 Å². The van der Waals surface area contributed by atoms with E-state index in [9.17, 15) is 14.4 Å². The molecule has 1 aliphatic heterocycles. The van der Waals surface area contributed by atoms with Gasteiger partial charge in [-0.05, 0) is 54.8 Å². The van der Waals surface area contributed by atoms with Gasteiger partial charge in [-0.3, -0.25) is 19.4 Å². The number of hydrogen-bond acceptors (Lipinski definition) is 6. The summed E-state index contributed by atoms with van der Waals surface area (Å²) in [6, 6.07) is 14.8. The van der Waals surface area contributed by atoms with Crippen molar-refractivity contribution in [3.8, 4) is 5.88 Å². The molecule has 4 rings (SSSR count). The molecule has 2 atom stereocenters. The number of halogens is 2. The van der Waals surface area contributed by atoms with Gasteiger partial charge >= 0.3 is 0 Å². The van der Waals surface area contributed by atoms with Crippen molar-refractivity contribution in [3.05, 3.63) is 94.4 Å². The van der Waals surface area contributed by atoms with Crippen LogP contribution in [-0.4, -0.2) is 64.4 Å². The van der Waals surface area contributed by atoms with E-state index in [0.29, 0.717) is 34.7 Å². The molecule has 1 fully saturated rings. The van der Waals surface area contributed by atoms with Crippen molar-refractivity contribution in [1.82, 2.24) is 25.5 Å². The van der Waals surface area contributed by atoms with E-state index in [1.807, 2.05) is 0 Å². The van der Waals surface area contributed by atoms with Gasteiger partial charge < -0.3 is 20.3 Å². The molecule has 0 spiro atoms. The molecule has 0 radical (unpaired) electrons. The summed E-state index contributed by atoms with van der Waals surface area (Å²) in [5.74, 6) is -0.738. The van der Waals surface area contributed by atoms with E-state index in [-0.39, 0.29) is 25.0 Å². The lowest BCUT2D eigenvalue weighted by molar-refractivity contribution is -0.135. The highest BCUT2D eigenvalue weighted by Crippen LogP contribution is 2.18. The summed E-state index contributed by atoms with van der Waals surface area (Å²) in [5.41, 5.74) is 1.41. The van der Waals surface area contributed by atoms with E-state index in [1.165, 1.54) is 12.3 Å². The molecule has 1 saturated heterocycles. The maximum atomic E-state index is 13.1. The Labute approximate surface area is 242 Å². The van der Waals surface area contributed by atoms with E-state index in [2.05, 4.69) is 20.6 Å². The smallest absolute Gasteiger partial charge is 0.244 e. The number of nitrogens with one attached hydrogen (secondary N) is 2. The topological polar surface area (TPSA) is 114 Å². The Morgan fingerprint density at radius 2 is 1.85 bits per heavy atom. The summed E-state index contributed by atoms with van der Waals surface area (Å²) < 4.78 is 5.91. The average Bonchev–Trinajstić information content (AvgIpc) is 2.97. The fourth-order valence-electron chi connectivity index (χ4n) is 4.16. The number of ether oxygens (including phenoxy) is 1. The molecule has 0 bridgehead atoms. The lowest BCUT2D eigenvalue weighted by atomic mass is 10.1. The van der Waals surface area contributed by atoms with Crippen LogP contribution in [0.3, 0.4) is 0 Å². The molecule has 3 amide bonds. The van der Waals surface area contributed by atoms with E-state index in [0.717, 1.165) is 18.4 Å². The highest BCUT2D eigenvalue weighted by atomic mass is 35.5. The van der Waals surface area contributed by atoms with Crippen LogP contribution in [0.25, 0.3) is 6.08 Å². The number of aromatic nitrogens is 2. The number of nitrogens with zero attached hydrogens (tertiary/aromatic N) is 3. The first kappa shape index (κ1) is 29.0. The van der Waals surface area contributed by atoms with Crippen LogP contribution in [0.2, 0.25) is 10.0 Å². The minimum absolute atomic E-state index is 0.162.